The van der Waals surface area contributed by atoms with Crippen molar-refractivity contribution >= 4 is 0 Å². The van der Waals surface area contributed by atoms with Gasteiger partial charge in [-0.2, -0.15) is 5.10 Å². The van der Waals surface area contributed by atoms with Crippen LogP contribution < -0.4 is 5.32 Å². The van der Waals surface area contributed by atoms with E-state index in [1.165, 1.54) is 32.1 Å². The zero-order valence-electron chi connectivity index (χ0n) is 10.6. The van der Waals surface area contributed by atoms with E-state index in [0.717, 1.165) is 25.2 Å². The first-order chi connectivity index (χ1) is 8.40. The van der Waals surface area contributed by atoms with Crippen LogP contribution >= 0.6 is 0 Å². The zero-order valence-corrected chi connectivity index (χ0v) is 10.6. The molecule has 0 bridgehead atoms. The van der Waals surface area contributed by atoms with Crippen LogP contribution in [0.1, 0.15) is 50.3 Å². The van der Waals surface area contributed by atoms with Crippen molar-refractivity contribution in [1.29, 1.82) is 0 Å². The lowest BCUT2D eigenvalue weighted by atomic mass is 9.96. The maximum atomic E-state index is 4.66. The molecular weight excluding hydrogens is 210 g/mol. The molecule has 1 aromatic rings. The zero-order chi connectivity index (χ0) is 11.9. The molecule has 0 amide bonds. The first-order valence-corrected chi connectivity index (χ1v) is 6.76. The topological polar surface area (TPSA) is 29.9 Å². The van der Waals surface area contributed by atoms with Crippen molar-refractivity contribution in [3.05, 3.63) is 30.6 Å². The number of nitrogens with zero attached hydrogens (tertiary/aromatic N) is 2. The number of hydrogen-bond donors (Lipinski definition) is 1. The summed E-state index contributed by atoms with van der Waals surface area (Å²) in [5, 5.41) is 8.03. The van der Waals surface area contributed by atoms with E-state index in [1.54, 1.807) is 0 Å². The van der Waals surface area contributed by atoms with Gasteiger partial charge in [0.25, 0.3) is 0 Å². The number of nitrogens with one attached hydrogen (secondary N) is 1. The number of rotatable bonds is 6. The van der Waals surface area contributed by atoms with Crippen molar-refractivity contribution < 1.29 is 0 Å². The fourth-order valence-electron chi connectivity index (χ4n) is 2.44. The van der Waals surface area contributed by atoms with Gasteiger partial charge in [0.1, 0.15) is 0 Å². The second-order valence-electron chi connectivity index (χ2n) is 4.83. The molecule has 0 aliphatic heterocycles. The molecule has 1 aliphatic rings. The molecular formula is C14H23N3. The molecule has 17 heavy (non-hydrogen) atoms. The van der Waals surface area contributed by atoms with Gasteiger partial charge in [-0.05, 0) is 31.9 Å². The summed E-state index contributed by atoms with van der Waals surface area (Å²) in [5.74, 6) is 0. The monoisotopic (exact) mass is 233 g/mol. The van der Waals surface area contributed by atoms with E-state index in [9.17, 15) is 0 Å². The molecule has 1 heterocycles. The van der Waals surface area contributed by atoms with Gasteiger partial charge >= 0.3 is 0 Å². The third-order valence-corrected chi connectivity index (χ3v) is 3.44. The molecule has 1 N–H and O–H groups in total. The lowest BCUT2D eigenvalue weighted by Gasteiger charge is -2.21. The fraction of sp³-hybridized carbons (Fsp3) is 0.643. The van der Waals surface area contributed by atoms with E-state index >= 15 is 0 Å². The molecule has 3 nitrogen and oxygen atoms in total. The van der Waals surface area contributed by atoms with Gasteiger partial charge in [-0.3, -0.25) is 4.68 Å². The lowest BCUT2D eigenvalue weighted by molar-refractivity contribution is 0.327. The summed E-state index contributed by atoms with van der Waals surface area (Å²) in [6.45, 7) is 5.57. The van der Waals surface area contributed by atoms with Crippen molar-refractivity contribution in [3.8, 4) is 0 Å². The van der Waals surface area contributed by atoms with E-state index in [4.69, 9.17) is 0 Å². The second-order valence-corrected chi connectivity index (χ2v) is 4.83. The van der Waals surface area contributed by atoms with Crippen LogP contribution in [-0.2, 0) is 6.54 Å². The molecule has 94 valence electrons. The molecule has 0 radical (unpaired) electrons. The van der Waals surface area contributed by atoms with Gasteiger partial charge in [0.15, 0.2) is 0 Å². The molecule has 1 aromatic heterocycles. The van der Waals surface area contributed by atoms with E-state index in [2.05, 4.69) is 33.9 Å². The van der Waals surface area contributed by atoms with E-state index in [0.29, 0.717) is 6.04 Å². The van der Waals surface area contributed by atoms with Crippen molar-refractivity contribution in [2.75, 3.05) is 6.54 Å². The molecule has 1 fully saturated rings. The first-order valence-electron chi connectivity index (χ1n) is 6.76. The Balaban J connectivity index is 1.80. The van der Waals surface area contributed by atoms with Gasteiger partial charge in [0, 0.05) is 12.7 Å². The van der Waals surface area contributed by atoms with Gasteiger partial charge in [-0.25, -0.2) is 0 Å². The summed E-state index contributed by atoms with van der Waals surface area (Å²) in [4.78, 5) is 0. The van der Waals surface area contributed by atoms with Crippen LogP contribution in [0.25, 0.3) is 0 Å². The van der Waals surface area contributed by atoms with Gasteiger partial charge in [-0.1, -0.05) is 25.3 Å². The summed E-state index contributed by atoms with van der Waals surface area (Å²) in [6, 6.07) is 2.78. The summed E-state index contributed by atoms with van der Waals surface area (Å²) in [7, 11) is 0. The van der Waals surface area contributed by atoms with Crippen LogP contribution in [0.15, 0.2) is 24.9 Å². The maximum Gasteiger partial charge on any atom is 0.0762 e. The third-order valence-electron chi connectivity index (χ3n) is 3.44. The Bertz CT molecular complexity index is 337. The van der Waals surface area contributed by atoms with Crippen LogP contribution in [-0.4, -0.2) is 16.3 Å². The van der Waals surface area contributed by atoms with Crippen molar-refractivity contribution in [3.63, 3.8) is 0 Å². The highest BCUT2D eigenvalue weighted by molar-refractivity contribution is 4.99. The quantitative estimate of drug-likeness (QED) is 0.604. The summed E-state index contributed by atoms with van der Waals surface area (Å²) in [5.41, 5.74) is 1.15. The third kappa shape index (κ3) is 3.70. The standard InChI is InChI=1S/C14H23N3/c1-2-3-10-15-12-13-9-11-17(16-13)14-7-5-4-6-8-14/h2,9,11,14-15H,1,3-8,10,12H2. The molecule has 0 atom stereocenters. The van der Waals surface area contributed by atoms with Gasteiger partial charge in [0.05, 0.1) is 11.7 Å². The highest BCUT2D eigenvalue weighted by Crippen LogP contribution is 2.27. The van der Waals surface area contributed by atoms with E-state index in [1.807, 2.05) is 6.08 Å². The molecule has 0 spiro atoms. The predicted molar refractivity (Wildman–Crippen MR) is 70.9 cm³/mol. The minimum absolute atomic E-state index is 0.644. The van der Waals surface area contributed by atoms with Crippen molar-refractivity contribution in [2.45, 2.75) is 51.1 Å². The maximum absolute atomic E-state index is 4.66. The highest BCUT2D eigenvalue weighted by Gasteiger charge is 2.15. The molecule has 3 heteroatoms. The molecule has 0 saturated heterocycles. The molecule has 1 aliphatic carbocycles. The largest absolute Gasteiger partial charge is 0.311 e. The average molecular weight is 233 g/mol. The summed E-state index contributed by atoms with van der Waals surface area (Å²) < 4.78 is 2.17. The van der Waals surface area contributed by atoms with Gasteiger partial charge < -0.3 is 5.32 Å². The Labute approximate surface area is 104 Å². The number of hydrogen-bond acceptors (Lipinski definition) is 2. The molecule has 1 saturated carbocycles. The normalized spacial score (nSPS) is 17.2. The summed E-state index contributed by atoms with van der Waals surface area (Å²) in [6.07, 6.45) is 11.8. The Morgan fingerprint density at radius 3 is 3.00 bits per heavy atom. The Hall–Kier alpha value is -1.09. The minimum Gasteiger partial charge on any atom is -0.311 e. The summed E-state index contributed by atoms with van der Waals surface area (Å²) >= 11 is 0. The smallest absolute Gasteiger partial charge is 0.0762 e. The van der Waals surface area contributed by atoms with Crippen molar-refractivity contribution in [2.24, 2.45) is 0 Å². The van der Waals surface area contributed by atoms with Crippen molar-refractivity contribution in [1.82, 2.24) is 15.1 Å². The van der Waals surface area contributed by atoms with Crippen LogP contribution in [0.4, 0.5) is 0 Å². The SMILES string of the molecule is C=CCCNCc1ccn(C2CCCCC2)n1. The van der Waals surface area contributed by atoms with E-state index < -0.39 is 0 Å². The van der Waals surface area contributed by atoms with Crippen LogP contribution in [0.5, 0.6) is 0 Å². The van der Waals surface area contributed by atoms with E-state index in [-0.39, 0.29) is 0 Å². The first kappa shape index (κ1) is 12.4. The molecule has 0 aromatic carbocycles. The van der Waals surface area contributed by atoms with Crippen LogP contribution in [0.2, 0.25) is 0 Å². The molecule has 2 rings (SSSR count). The second kappa shape index (κ2) is 6.60. The fourth-order valence-corrected chi connectivity index (χ4v) is 2.44. The van der Waals surface area contributed by atoms with Gasteiger partial charge in [0.2, 0.25) is 0 Å². The van der Waals surface area contributed by atoms with Gasteiger partial charge in [-0.15, -0.1) is 6.58 Å². The Morgan fingerprint density at radius 2 is 2.24 bits per heavy atom. The lowest BCUT2D eigenvalue weighted by Crippen LogP contribution is -2.16. The van der Waals surface area contributed by atoms with Crippen LogP contribution in [0.3, 0.4) is 0 Å². The Kier molecular flexibility index (Phi) is 4.80. The molecule has 0 unspecified atom stereocenters. The highest BCUT2D eigenvalue weighted by atomic mass is 15.3. The Morgan fingerprint density at radius 1 is 1.41 bits per heavy atom. The number of aromatic nitrogens is 2. The predicted octanol–water partition coefficient (Wildman–Crippen LogP) is 3.05. The minimum atomic E-state index is 0.644. The van der Waals surface area contributed by atoms with Crippen LogP contribution in [0, 0.1) is 0 Å². The average Bonchev–Trinajstić information content (AvgIpc) is 2.85.